The third-order valence-corrected chi connectivity index (χ3v) is 29.3. The molecule has 0 aromatic heterocycles. The van der Waals surface area contributed by atoms with Crippen LogP contribution in [0.15, 0.2) is 22.0 Å². The van der Waals surface area contributed by atoms with E-state index < -0.39 is 0 Å². The maximum Gasteiger partial charge on any atom is 0.0663 e. The highest BCUT2D eigenvalue weighted by Crippen LogP contribution is 2.81. The minimum absolute atomic E-state index is 0.207. The van der Waals surface area contributed by atoms with Gasteiger partial charge in [0.25, 0.3) is 0 Å². The Labute approximate surface area is 391 Å². The lowest BCUT2D eigenvalue weighted by atomic mass is 9.32. The number of allylic oxidation sites excluding steroid dienone is 4. The van der Waals surface area contributed by atoms with E-state index in [4.69, 9.17) is 9.47 Å². The van der Waals surface area contributed by atoms with E-state index in [0.29, 0.717) is 66.4 Å². The molecule has 0 unspecified atom stereocenters. The fourth-order valence-corrected chi connectivity index (χ4v) is 25.0. The van der Waals surface area contributed by atoms with Crippen molar-refractivity contribution in [3.63, 3.8) is 0 Å². The first-order chi connectivity index (χ1) is 29.3. The van der Waals surface area contributed by atoms with E-state index in [9.17, 15) is 0 Å². The highest BCUT2D eigenvalue weighted by molar-refractivity contribution is 8.06. The Bertz CT molecular complexity index is 1870. The normalized spacial score (nSPS) is 58.5. The highest BCUT2D eigenvalue weighted by Gasteiger charge is 2.75. The van der Waals surface area contributed by atoms with Crippen molar-refractivity contribution in [2.24, 2.45) is 112 Å². The second kappa shape index (κ2) is 12.9. The molecule has 0 aromatic rings. The van der Waals surface area contributed by atoms with Crippen molar-refractivity contribution in [1.82, 2.24) is 0 Å². The average molecular weight is 879 g/mol. The molecule has 3 heteroatoms. The molecule has 2 saturated heterocycles. The van der Waals surface area contributed by atoms with Crippen molar-refractivity contribution in [3.8, 4) is 0 Å². The molecular formula is C60H94O2S. The molecule has 352 valence electrons. The van der Waals surface area contributed by atoms with E-state index >= 15 is 0 Å². The molecular weight excluding hydrogens is 785 g/mol. The zero-order valence-electron chi connectivity index (χ0n) is 43.3. The zero-order valence-corrected chi connectivity index (χ0v) is 44.1. The van der Waals surface area contributed by atoms with Gasteiger partial charge in [0.15, 0.2) is 0 Å². The number of hydrogen-bond donors (Lipinski definition) is 0. The predicted molar refractivity (Wildman–Crippen MR) is 263 cm³/mol. The first kappa shape index (κ1) is 44.0. The smallest absolute Gasteiger partial charge is 0.0663 e. The van der Waals surface area contributed by atoms with Crippen LogP contribution in [-0.4, -0.2) is 25.4 Å². The Morgan fingerprint density at radius 3 is 1.19 bits per heavy atom. The van der Waals surface area contributed by atoms with Crippen molar-refractivity contribution < 1.29 is 9.47 Å². The lowest BCUT2D eigenvalue weighted by molar-refractivity contribution is -0.234. The lowest BCUT2D eigenvalue weighted by Gasteiger charge is -2.73. The van der Waals surface area contributed by atoms with Gasteiger partial charge >= 0.3 is 0 Å². The van der Waals surface area contributed by atoms with Crippen molar-refractivity contribution in [2.75, 3.05) is 13.2 Å². The third kappa shape index (κ3) is 5.11. The van der Waals surface area contributed by atoms with E-state index in [1.165, 1.54) is 116 Å². The maximum absolute atomic E-state index is 6.91. The van der Waals surface area contributed by atoms with Crippen LogP contribution < -0.4 is 0 Å². The predicted octanol–water partition coefficient (Wildman–Crippen LogP) is 16.5. The fraction of sp³-hybridized carbons (Fsp3) is 0.933. The molecule has 0 aromatic carbocycles. The van der Waals surface area contributed by atoms with Crippen LogP contribution >= 0.6 is 11.8 Å². The number of thioether (sulfide) groups is 1. The molecule has 2 aliphatic heterocycles. The molecule has 2 nitrogen and oxygen atoms in total. The van der Waals surface area contributed by atoms with Crippen molar-refractivity contribution in [2.45, 2.75) is 225 Å². The first-order valence-electron chi connectivity index (χ1n) is 27.6. The maximum atomic E-state index is 6.91. The van der Waals surface area contributed by atoms with Crippen LogP contribution in [0.4, 0.5) is 0 Å². The molecule has 12 rings (SSSR count). The molecule has 63 heavy (non-hydrogen) atoms. The largest absolute Gasteiger partial charge is 0.377 e. The molecule has 0 N–H and O–H groups in total. The Balaban J connectivity index is 0.806. The van der Waals surface area contributed by atoms with Crippen molar-refractivity contribution >= 4 is 11.8 Å². The van der Waals surface area contributed by atoms with E-state index in [1.54, 1.807) is 9.81 Å². The summed E-state index contributed by atoms with van der Waals surface area (Å²) >= 11 is 2.29. The van der Waals surface area contributed by atoms with Gasteiger partial charge in [-0.05, 0) is 238 Å². The molecule has 12 aliphatic rings. The number of fused-ring (bicyclic) bond motifs is 10. The molecule has 2 heterocycles. The molecule has 10 aliphatic carbocycles. The quantitative estimate of drug-likeness (QED) is 0.275. The molecule has 8 saturated carbocycles. The van der Waals surface area contributed by atoms with Gasteiger partial charge in [0, 0.05) is 0 Å². The SMILES string of the molecule is CC1(C)CC[C@]23CC[C@]4(C)[C@H](CC[C@@H]5[C@@]6(C)CC=C(SC7=CC[C@]8(C)[C@H]9CC[C@@H]%10[C@H]%11[C@H]%12OC[C@@]%11(CCC%12(C)C)CC[C@@]%10(C)[C@]9(C)CC[C@H]8C7(C)C)C(C)(C)[C@@H]6CC[C@]54C)[C@H]2[C@H]1OC3. The molecule has 0 radical (unpaired) electrons. The second-order valence-electron chi connectivity index (χ2n) is 30.6. The van der Waals surface area contributed by atoms with Crippen LogP contribution in [-0.2, 0) is 9.47 Å². The van der Waals surface area contributed by atoms with Gasteiger partial charge < -0.3 is 9.47 Å². The topological polar surface area (TPSA) is 18.5 Å². The van der Waals surface area contributed by atoms with Gasteiger partial charge in [-0.25, -0.2) is 0 Å². The summed E-state index contributed by atoms with van der Waals surface area (Å²) in [6, 6.07) is 0. The minimum Gasteiger partial charge on any atom is -0.377 e. The molecule has 4 bridgehead atoms. The van der Waals surface area contributed by atoms with Crippen LogP contribution in [0.1, 0.15) is 213 Å². The third-order valence-electron chi connectivity index (χ3n) is 27.5. The van der Waals surface area contributed by atoms with Crippen LogP contribution in [0.3, 0.4) is 0 Å². The molecule has 0 spiro atoms. The van der Waals surface area contributed by atoms with Gasteiger partial charge in [0.1, 0.15) is 0 Å². The van der Waals surface area contributed by atoms with Gasteiger partial charge in [-0.3, -0.25) is 0 Å². The number of rotatable bonds is 2. The van der Waals surface area contributed by atoms with Crippen LogP contribution in [0, 0.1) is 112 Å². The molecule has 18 atom stereocenters. The van der Waals surface area contributed by atoms with E-state index in [1.807, 2.05) is 0 Å². The Kier molecular flexibility index (Phi) is 9.03. The van der Waals surface area contributed by atoms with Gasteiger partial charge in [0.2, 0.25) is 0 Å². The summed E-state index contributed by atoms with van der Waals surface area (Å²) in [5.41, 5.74) is 4.47. The highest BCUT2D eigenvalue weighted by atomic mass is 32.2. The Hall–Kier alpha value is -0.250. The standard InChI is InChI=1S/C60H94O2S/c1-49(2)27-31-59-33-29-55(11)37(45(59)47(49)61-35-59)15-17-41-53(9)23-21-43(51(5,6)39(53)19-25-57(41,55)13)63-44-22-24-54(10)40(52(44,7)8)20-26-58(14)42(54)18-16-38-46-48-50(3,4)28-32-60(46,36-62-48)34-30-56(38,58)12/h21-22,37-42,45-48H,15-20,23-36H2,1-14H3/t37-,38-,39+,40+,41-,42-,45+,46+,47-,48-,53+,54+,55-,56-,57-,58-,59-,60-/m1/s1. The summed E-state index contributed by atoms with van der Waals surface area (Å²) < 4.78 is 13.8. The summed E-state index contributed by atoms with van der Waals surface area (Å²) in [5, 5.41) is 0. The summed E-state index contributed by atoms with van der Waals surface area (Å²) in [6.07, 6.45) is 32.0. The van der Waals surface area contributed by atoms with E-state index in [-0.39, 0.29) is 10.8 Å². The van der Waals surface area contributed by atoms with E-state index in [0.717, 1.165) is 60.6 Å². The van der Waals surface area contributed by atoms with Gasteiger partial charge in [-0.1, -0.05) is 121 Å². The molecule has 10 fully saturated rings. The van der Waals surface area contributed by atoms with Crippen molar-refractivity contribution in [1.29, 1.82) is 0 Å². The Morgan fingerprint density at radius 2 is 0.794 bits per heavy atom. The second-order valence-corrected chi connectivity index (χ2v) is 31.7. The zero-order chi connectivity index (χ0) is 44.6. The summed E-state index contributed by atoms with van der Waals surface area (Å²) in [7, 11) is 0. The van der Waals surface area contributed by atoms with Crippen LogP contribution in [0.5, 0.6) is 0 Å². The number of ether oxygens (including phenoxy) is 2. The summed E-state index contributed by atoms with van der Waals surface area (Å²) in [6.45, 7) is 40.1. The number of hydrogen-bond acceptors (Lipinski definition) is 3. The van der Waals surface area contributed by atoms with Crippen molar-refractivity contribution in [3.05, 3.63) is 22.0 Å². The van der Waals surface area contributed by atoms with Crippen LogP contribution in [0.2, 0.25) is 0 Å². The summed E-state index contributed by atoms with van der Waals surface area (Å²) in [4.78, 5) is 3.46. The minimum atomic E-state index is 0.207. The molecule has 0 amide bonds. The lowest BCUT2D eigenvalue weighted by Crippen LogP contribution is -2.67. The monoisotopic (exact) mass is 879 g/mol. The Morgan fingerprint density at radius 1 is 0.413 bits per heavy atom. The van der Waals surface area contributed by atoms with Gasteiger partial charge in [-0.2, -0.15) is 0 Å². The average Bonchev–Trinajstić information content (AvgIpc) is 3.72. The van der Waals surface area contributed by atoms with E-state index in [2.05, 4.69) is 121 Å². The first-order valence-corrected chi connectivity index (χ1v) is 28.4. The van der Waals surface area contributed by atoms with Gasteiger partial charge in [0.05, 0.1) is 25.4 Å². The fourth-order valence-electron chi connectivity index (χ4n) is 23.6. The summed E-state index contributed by atoms with van der Waals surface area (Å²) in [5.74, 6) is 6.39. The van der Waals surface area contributed by atoms with Gasteiger partial charge in [-0.15, -0.1) is 0 Å². The van der Waals surface area contributed by atoms with Crippen LogP contribution in [0.25, 0.3) is 0 Å².